The Labute approximate surface area is 85.4 Å². The summed E-state index contributed by atoms with van der Waals surface area (Å²) >= 11 is 0. The lowest BCUT2D eigenvalue weighted by Gasteiger charge is -2.05. The van der Waals surface area contributed by atoms with Crippen molar-refractivity contribution in [2.45, 2.75) is 39.5 Å². The fraction of sp³-hybridized carbons (Fsp3) is 0.500. The van der Waals surface area contributed by atoms with Crippen molar-refractivity contribution in [3.63, 3.8) is 0 Å². The molecule has 0 bridgehead atoms. The van der Waals surface area contributed by atoms with E-state index >= 15 is 0 Å². The van der Waals surface area contributed by atoms with E-state index in [1.807, 2.05) is 12.3 Å². The van der Waals surface area contributed by atoms with Crippen molar-refractivity contribution in [2.24, 2.45) is 0 Å². The van der Waals surface area contributed by atoms with Crippen molar-refractivity contribution in [3.05, 3.63) is 29.6 Å². The van der Waals surface area contributed by atoms with Crippen molar-refractivity contribution >= 4 is 5.78 Å². The molecule has 2 nitrogen and oxygen atoms in total. The molecule has 0 saturated heterocycles. The summed E-state index contributed by atoms with van der Waals surface area (Å²) in [5.74, 6) is 0.740. The maximum Gasteiger partial charge on any atom is 0.130 e. The highest BCUT2D eigenvalue weighted by Gasteiger charge is 2.01. The third-order valence-corrected chi connectivity index (χ3v) is 2.25. The molecule has 0 aliphatic carbocycles. The van der Waals surface area contributed by atoms with Gasteiger partial charge in [-0.25, -0.2) is 0 Å². The van der Waals surface area contributed by atoms with Crippen LogP contribution in [0.15, 0.2) is 18.3 Å². The Morgan fingerprint density at radius 1 is 1.43 bits per heavy atom. The zero-order valence-corrected chi connectivity index (χ0v) is 9.08. The van der Waals surface area contributed by atoms with Crippen LogP contribution in [0, 0.1) is 0 Å². The second kappa shape index (κ2) is 4.89. The molecule has 1 heterocycles. The second-order valence-electron chi connectivity index (χ2n) is 3.94. The normalized spacial score (nSPS) is 10.6. The van der Waals surface area contributed by atoms with Gasteiger partial charge < -0.3 is 4.79 Å². The van der Waals surface area contributed by atoms with Crippen molar-refractivity contribution < 1.29 is 4.79 Å². The van der Waals surface area contributed by atoms with Crippen LogP contribution in [0.5, 0.6) is 0 Å². The summed E-state index contributed by atoms with van der Waals surface area (Å²) in [6, 6.07) is 4.10. The molecule has 76 valence electrons. The first-order valence-electron chi connectivity index (χ1n) is 5.04. The molecular weight excluding hydrogens is 174 g/mol. The molecular formula is C12H17NO. The van der Waals surface area contributed by atoms with Crippen molar-refractivity contribution in [2.75, 3.05) is 0 Å². The molecule has 0 unspecified atom stereocenters. The fourth-order valence-corrected chi connectivity index (χ4v) is 1.23. The average molecular weight is 191 g/mol. The van der Waals surface area contributed by atoms with E-state index < -0.39 is 0 Å². The Kier molecular flexibility index (Phi) is 3.81. The van der Waals surface area contributed by atoms with E-state index in [2.05, 4.69) is 24.9 Å². The van der Waals surface area contributed by atoms with E-state index in [-0.39, 0.29) is 5.78 Å². The highest BCUT2D eigenvalue weighted by molar-refractivity contribution is 5.75. The predicted octanol–water partition coefficient (Wildman–Crippen LogP) is 2.73. The molecule has 0 amide bonds. The number of hydrogen-bond acceptors (Lipinski definition) is 2. The predicted molar refractivity (Wildman–Crippen MR) is 57.3 cm³/mol. The molecule has 2 heteroatoms. The highest BCUT2D eigenvalue weighted by atomic mass is 16.1. The molecule has 0 aliphatic rings. The van der Waals surface area contributed by atoms with Gasteiger partial charge in [0, 0.05) is 18.3 Å². The Morgan fingerprint density at radius 2 is 2.14 bits per heavy atom. The number of ketones is 1. The standard InChI is InChI=1S/C12H17NO/c1-9(2)11-5-7-12(13-8-11)6-4-10(3)14/h5,7-9H,4,6H2,1-3H3. The van der Waals surface area contributed by atoms with Crippen LogP contribution in [0.3, 0.4) is 0 Å². The molecule has 0 fully saturated rings. The molecule has 0 radical (unpaired) electrons. The first-order valence-corrected chi connectivity index (χ1v) is 5.04. The van der Waals surface area contributed by atoms with Crippen LogP contribution in [-0.4, -0.2) is 10.8 Å². The quantitative estimate of drug-likeness (QED) is 0.732. The Hall–Kier alpha value is -1.18. The number of pyridine rings is 1. The maximum absolute atomic E-state index is 10.8. The minimum atomic E-state index is 0.222. The highest BCUT2D eigenvalue weighted by Crippen LogP contribution is 2.13. The molecule has 0 atom stereocenters. The van der Waals surface area contributed by atoms with Crippen LogP contribution >= 0.6 is 0 Å². The minimum absolute atomic E-state index is 0.222. The van der Waals surface area contributed by atoms with E-state index in [4.69, 9.17) is 0 Å². The number of carbonyl (C=O) groups is 1. The zero-order valence-electron chi connectivity index (χ0n) is 9.08. The summed E-state index contributed by atoms with van der Waals surface area (Å²) in [6.07, 6.45) is 3.25. The Morgan fingerprint density at radius 3 is 2.57 bits per heavy atom. The number of aryl methyl sites for hydroxylation is 1. The van der Waals surface area contributed by atoms with Gasteiger partial charge in [-0.3, -0.25) is 4.98 Å². The van der Waals surface area contributed by atoms with Gasteiger partial charge in [0.05, 0.1) is 0 Å². The van der Waals surface area contributed by atoms with Crippen LogP contribution in [-0.2, 0) is 11.2 Å². The molecule has 0 saturated carbocycles. The molecule has 0 N–H and O–H groups in total. The summed E-state index contributed by atoms with van der Waals surface area (Å²) in [7, 11) is 0. The molecule has 0 aromatic carbocycles. The summed E-state index contributed by atoms with van der Waals surface area (Å²) in [6.45, 7) is 5.90. The number of rotatable bonds is 4. The number of hydrogen-bond donors (Lipinski definition) is 0. The Bertz CT molecular complexity index is 301. The number of Topliss-reactive ketones (excluding diaryl/α,β-unsaturated/α-hetero) is 1. The smallest absolute Gasteiger partial charge is 0.130 e. The van der Waals surface area contributed by atoms with Gasteiger partial charge in [-0.1, -0.05) is 19.9 Å². The second-order valence-corrected chi connectivity index (χ2v) is 3.94. The third kappa shape index (κ3) is 3.29. The maximum atomic E-state index is 10.8. The number of nitrogens with zero attached hydrogens (tertiary/aromatic N) is 1. The SMILES string of the molecule is CC(=O)CCc1ccc(C(C)C)cn1. The van der Waals surface area contributed by atoms with Gasteiger partial charge in [0.1, 0.15) is 5.78 Å². The van der Waals surface area contributed by atoms with Gasteiger partial charge in [-0.15, -0.1) is 0 Å². The van der Waals surface area contributed by atoms with E-state index in [0.717, 1.165) is 12.1 Å². The van der Waals surface area contributed by atoms with Crippen LogP contribution in [0.1, 0.15) is 44.4 Å². The van der Waals surface area contributed by atoms with Crippen molar-refractivity contribution in [3.8, 4) is 0 Å². The van der Waals surface area contributed by atoms with E-state index in [1.165, 1.54) is 5.56 Å². The van der Waals surface area contributed by atoms with Gasteiger partial charge in [0.25, 0.3) is 0 Å². The molecule has 1 aromatic rings. The van der Waals surface area contributed by atoms with Gasteiger partial charge >= 0.3 is 0 Å². The largest absolute Gasteiger partial charge is 0.300 e. The molecule has 0 spiro atoms. The third-order valence-electron chi connectivity index (χ3n) is 2.25. The fourth-order valence-electron chi connectivity index (χ4n) is 1.23. The topological polar surface area (TPSA) is 30.0 Å². The van der Waals surface area contributed by atoms with Crippen LogP contribution in [0.25, 0.3) is 0 Å². The average Bonchev–Trinajstić information content (AvgIpc) is 2.15. The molecule has 1 aromatic heterocycles. The zero-order chi connectivity index (χ0) is 10.6. The van der Waals surface area contributed by atoms with Gasteiger partial charge in [-0.2, -0.15) is 0 Å². The van der Waals surface area contributed by atoms with Gasteiger partial charge in [0.2, 0.25) is 0 Å². The lowest BCUT2D eigenvalue weighted by Crippen LogP contribution is -1.97. The summed E-state index contributed by atoms with van der Waals surface area (Å²) in [5.41, 5.74) is 2.25. The monoisotopic (exact) mass is 191 g/mol. The van der Waals surface area contributed by atoms with E-state index in [1.54, 1.807) is 6.92 Å². The Balaban J connectivity index is 2.59. The lowest BCUT2D eigenvalue weighted by molar-refractivity contribution is -0.116. The summed E-state index contributed by atoms with van der Waals surface area (Å²) < 4.78 is 0. The summed E-state index contributed by atoms with van der Waals surface area (Å²) in [5, 5.41) is 0. The van der Waals surface area contributed by atoms with Crippen molar-refractivity contribution in [1.82, 2.24) is 4.98 Å². The number of carbonyl (C=O) groups excluding carboxylic acids is 1. The minimum Gasteiger partial charge on any atom is -0.300 e. The molecule has 0 aliphatic heterocycles. The molecule has 1 rings (SSSR count). The van der Waals surface area contributed by atoms with E-state index in [9.17, 15) is 4.79 Å². The van der Waals surface area contributed by atoms with Crippen LogP contribution in [0.4, 0.5) is 0 Å². The van der Waals surface area contributed by atoms with Gasteiger partial charge in [0.15, 0.2) is 0 Å². The number of aromatic nitrogens is 1. The first-order chi connectivity index (χ1) is 6.59. The van der Waals surface area contributed by atoms with Crippen LogP contribution in [0.2, 0.25) is 0 Å². The van der Waals surface area contributed by atoms with Gasteiger partial charge in [-0.05, 0) is 30.9 Å². The lowest BCUT2D eigenvalue weighted by atomic mass is 10.0. The molecule has 14 heavy (non-hydrogen) atoms. The first kappa shape index (κ1) is 10.9. The van der Waals surface area contributed by atoms with E-state index in [0.29, 0.717) is 12.3 Å². The van der Waals surface area contributed by atoms with Crippen LogP contribution < -0.4 is 0 Å². The van der Waals surface area contributed by atoms with Crippen molar-refractivity contribution in [1.29, 1.82) is 0 Å². The summed E-state index contributed by atoms with van der Waals surface area (Å²) in [4.78, 5) is 15.1.